The van der Waals surface area contributed by atoms with Crippen LogP contribution < -0.4 is 16.0 Å². The summed E-state index contributed by atoms with van der Waals surface area (Å²) in [5, 5.41) is 2.50. The van der Waals surface area contributed by atoms with Crippen LogP contribution in [-0.4, -0.2) is 37.8 Å². The van der Waals surface area contributed by atoms with Crippen LogP contribution >= 0.6 is 0 Å². The fourth-order valence-electron chi connectivity index (χ4n) is 2.73. The van der Waals surface area contributed by atoms with Gasteiger partial charge in [0.25, 0.3) is 0 Å². The van der Waals surface area contributed by atoms with Gasteiger partial charge in [0.15, 0.2) is 0 Å². The van der Waals surface area contributed by atoms with E-state index >= 15 is 0 Å². The number of alkyl halides is 3. The van der Waals surface area contributed by atoms with Crippen molar-refractivity contribution in [1.82, 2.24) is 5.32 Å². The van der Waals surface area contributed by atoms with Crippen molar-refractivity contribution in [1.29, 1.82) is 0 Å². The largest absolute Gasteiger partial charge is 0.405 e. The second-order valence-electron chi connectivity index (χ2n) is 6.07. The molecule has 1 saturated heterocycles. The number of carbonyl (C=O) groups is 1. The van der Waals surface area contributed by atoms with Crippen LogP contribution in [0.3, 0.4) is 0 Å². The van der Waals surface area contributed by atoms with Crippen molar-refractivity contribution in [3.05, 3.63) is 29.8 Å². The van der Waals surface area contributed by atoms with E-state index in [-0.39, 0.29) is 24.3 Å². The minimum absolute atomic E-state index is 0.0347. The van der Waals surface area contributed by atoms with Crippen LogP contribution in [0, 0.1) is 5.92 Å². The van der Waals surface area contributed by atoms with Gasteiger partial charge in [0.1, 0.15) is 6.04 Å². The molecule has 0 aliphatic carbocycles. The number of rotatable bonds is 4. The minimum atomic E-state index is -4.25. The molecule has 4 nitrogen and oxygen atoms in total. The summed E-state index contributed by atoms with van der Waals surface area (Å²) in [7, 11) is 0. The number of nitrogens with two attached hydrogens (primary N) is 1. The Labute approximate surface area is 133 Å². The van der Waals surface area contributed by atoms with Crippen LogP contribution in [-0.2, 0) is 4.79 Å². The molecule has 0 saturated carbocycles. The van der Waals surface area contributed by atoms with E-state index in [1.165, 1.54) is 0 Å². The predicted molar refractivity (Wildman–Crippen MR) is 83.3 cm³/mol. The average Bonchev–Trinajstić information content (AvgIpc) is 2.53. The molecule has 1 fully saturated rings. The lowest BCUT2D eigenvalue weighted by molar-refractivity contribution is -0.155. The van der Waals surface area contributed by atoms with Gasteiger partial charge in [0.05, 0.1) is 0 Å². The number of primary amides is 1. The number of halogens is 3. The Hall–Kier alpha value is -1.76. The molecule has 0 bridgehead atoms. The molecule has 7 heteroatoms. The smallest absolute Gasteiger partial charge is 0.369 e. The van der Waals surface area contributed by atoms with E-state index in [1.807, 2.05) is 19.1 Å². The molecule has 0 aromatic heterocycles. The third-order valence-corrected chi connectivity index (χ3v) is 4.55. The number of piperazine rings is 1. The van der Waals surface area contributed by atoms with Crippen molar-refractivity contribution in [2.45, 2.75) is 32.0 Å². The SMILES string of the molecule is CC(C(N)=O)[C@H](C)c1ccc(N2CCNC(C(F)(F)F)C2)cc1. The summed E-state index contributed by atoms with van der Waals surface area (Å²) in [5.41, 5.74) is 7.02. The summed E-state index contributed by atoms with van der Waals surface area (Å²) >= 11 is 0. The first kappa shape index (κ1) is 17.6. The van der Waals surface area contributed by atoms with Crippen LogP contribution in [0.15, 0.2) is 24.3 Å². The molecule has 1 aliphatic heterocycles. The summed E-state index contributed by atoms with van der Waals surface area (Å²) in [6.45, 7) is 4.40. The normalized spacial score (nSPS) is 21.8. The molecule has 1 aliphatic rings. The Morgan fingerprint density at radius 3 is 2.43 bits per heavy atom. The van der Waals surface area contributed by atoms with E-state index in [9.17, 15) is 18.0 Å². The molecular formula is C16H22F3N3O. The summed E-state index contributed by atoms with van der Waals surface area (Å²) in [6, 6.07) is 5.80. The molecule has 0 spiro atoms. The molecule has 3 N–H and O–H groups in total. The van der Waals surface area contributed by atoms with Crippen molar-refractivity contribution in [2.75, 3.05) is 24.5 Å². The zero-order valence-corrected chi connectivity index (χ0v) is 13.2. The maximum atomic E-state index is 12.8. The lowest BCUT2D eigenvalue weighted by atomic mass is 9.88. The van der Waals surface area contributed by atoms with Gasteiger partial charge >= 0.3 is 6.18 Å². The number of nitrogens with one attached hydrogen (secondary N) is 1. The first-order chi connectivity index (χ1) is 10.7. The van der Waals surface area contributed by atoms with E-state index in [0.29, 0.717) is 13.1 Å². The minimum Gasteiger partial charge on any atom is -0.369 e. The van der Waals surface area contributed by atoms with Crippen molar-refractivity contribution in [3.8, 4) is 0 Å². The zero-order chi connectivity index (χ0) is 17.2. The Morgan fingerprint density at radius 2 is 1.91 bits per heavy atom. The number of anilines is 1. The van der Waals surface area contributed by atoms with Gasteiger partial charge in [-0.05, 0) is 23.6 Å². The highest BCUT2D eigenvalue weighted by atomic mass is 19.4. The Balaban J connectivity index is 2.09. The van der Waals surface area contributed by atoms with E-state index in [4.69, 9.17) is 5.73 Å². The van der Waals surface area contributed by atoms with E-state index in [1.54, 1.807) is 24.0 Å². The number of nitrogens with zero attached hydrogens (tertiary/aromatic N) is 1. The zero-order valence-electron chi connectivity index (χ0n) is 13.2. The highest BCUT2D eigenvalue weighted by Crippen LogP contribution is 2.28. The summed E-state index contributed by atoms with van der Waals surface area (Å²) in [5.74, 6) is -0.696. The third-order valence-electron chi connectivity index (χ3n) is 4.55. The highest BCUT2D eigenvalue weighted by molar-refractivity contribution is 5.77. The first-order valence-electron chi connectivity index (χ1n) is 7.64. The quantitative estimate of drug-likeness (QED) is 0.891. The summed E-state index contributed by atoms with van der Waals surface area (Å²) < 4.78 is 38.5. The molecule has 3 atom stereocenters. The van der Waals surface area contributed by atoms with Crippen LogP contribution in [0.4, 0.5) is 18.9 Å². The standard InChI is InChI=1S/C16H22F3N3O/c1-10(11(2)15(20)23)12-3-5-13(6-4-12)22-8-7-21-14(9-22)16(17,18)19/h3-6,10-11,14,21H,7-9H2,1-2H3,(H2,20,23)/t10-,11?,14?/m0/s1. The van der Waals surface area contributed by atoms with Gasteiger partial charge < -0.3 is 16.0 Å². The van der Waals surface area contributed by atoms with Gasteiger partial charge in [0, 0.05) is 31.2 Å². The lowest BCUT2D eigenvalue weighted by Crippen LogP contribution is -2.57. The first-order valence-corrected chi connectivity index (χ1v) is 7.64. The van der Waals surface area contributed by atoms with Gasteiger partial charge in [-0.3, -0.25) is 4.79 Å². The maximum Gasteiger partial charge on any atom is 0.405 e. The van der Waals surface area contributed by atoms with Crippen molar-refractivity contribution >= 4 is 11.6 Å². The molecule has 23 heavy (non-hydrogen) atoms. The van der Waals surface area contributed by atoms with Crippen LogP contribution in [0.2, 0.25) is 0 Å². The van der Waals surface area contributed by atoms with Gasteiger partial charge in [-0.15, -0.1) is 0 Å². The van der Waals surface area contributed by atoms with Crippen molar-refractivity contribution < 1.29 is 18.0 Å². The topological polar surface area (TPSA) is 58.4 Å². The van der Waals surface area contributed by atoms with E-state index < -0.39 is 12.2 Å². The monoisotopic (exact) mass is 329 g/mol. The van der Waals surface area contributed by atoms with Gasteiger partial charge in [-0.25, -0.2) is 0 Å². The lowest BCUT2D eigenvalue weighted by Gasteiger charge is -2.36. The Kier molecular flexibility index (Phi) is 5.19. The number of hydrogen-bond acceptors (Lipinski definition) is 3. The molecule has 1 aromatic rings. The fourth-order valence-corrected chi connectivity index (χ4v) is 2.73. The number of amides is 1. The van der Waals surface area contributed by atoms with Crippen molar-refractivity contribution in [2.24, 2.45) is 11.7 Å². The van der Waals surface area contributed by atoms with E-state index in [2.05, 4.69) is 5.32 Å². The molecule has 1 amide bonds. The molecule has 2 unspecified atom stereocenters. The summed E-state index contributed by atoms with van der Waals surface area (Å²) in [4.78, 5) is 13.0. The predicted octanol–water partition coefficient (Wildman–Crippen LogP) is 2.25. The molecule has 128 valence electrons. The number of carbonyl (C=O) groups excluding carboxylic acids is 1. The fraction of sp³-hybridized carbons (Fsp3) is 0.562. The third kappa shape index (κ3) is 4.16. The highest BCUT2D eigenvalue weighted by Gasteiger charge is 2.41. The molecule has 1 aromatic carbocycles. The van der Waals surface area contributed by atoms with Crippen LogP contribution in [0.5, 0.6) is 0 Å². The van der Waals surface area contributed by atoms with Crippen LogP contribution in [0.25, 0.3) is 0 Å². The van der Waals surface area contributed by atoms with Gasteiger partial charge in [0.2, 0.25) is 5.91 Å². The molecule has 1 heterocycles. The van der Waals surface area contributed by atoms with Crippen LogP contribution in [0.1, 0.15) is 25.3 Å². The number of hydrogen-bond donors (Lipinski definition) is 2. The van der Waals surface area contributed by atoms with Crippen molar-refractivity contribution in [3.63, 3.8) is 0 Å². The Morgan fingerprint density at radius 1 is 1.30 bits per heavy atom. The second kappa shape index (κ2) is 6.78. The van der Waals surface area contributed by atoms with Gasteiger partial charge in [-0.1, -0.05) is 26.0 Å². The number of benzene rings is 1. The second-order valence-corrected chi connectivity index (χ2v) is 6.07. The Bertz CT molecular complexity index is 544. The maximum absolute atomic E-state index is 12.8. The van der Waals surface area contributed by atoms with Gasteiger partial charge in [-0.2, -0.15) is 13.2 Å². The average molecular weight is 329 g/mol. The molecule has 0 radical (unpaired) electrons. The molecular weight excluding hydrogens is 307 g/mol. The summed E-state index contributed by atoms with van der Waals surface area (Å²) in [6.07, 6.45) is -4.25. The molecule has 2 rings (SSSR count). The van der Waals surface area contributed by atoms with E-state index in [0.717, 1.165) is 11.3 Å².